The standard InChI is InChI=1S/C19H36N2/c1-15-12-16(2)17(18(20)13-15)14-21-10-8-19(9-11-21)6-4-3-5-7-19/h15-18H,3-14,20H2,1-2H3. The molecule has 2 heteroatoms. The van der Waals surface area contributed by atoms with E-state index in [1.165, 1.54) is 77.4 Å². The van der Waals surface area contributed by atoms with Crippen LogP contribution in [0.2, 0.25) is 0 Å². The molecule has 21 heavy (non-hydrogen) atoms. The molecule has 0 aromatic carbocycles. The van der Waals surface area contributed by atoms with Gasteiger partial charge in [-0.25, -0.2) is 0 Å². The van der Waals surface area contributed by atoms with Crippen LogP contribution in [0, 0.1) is 23.2 Å². The fourth-order valence-corrected chi connectivity index (χ4v) is 5.59. The third-order valence-electron chi connectivity index (χ3n) is 7.03. The number of nitrogens with zero attached hydrogens (tertiary/aromatic N) is 1. The molecule has 4 unspecified atom stereocenters. The van der Waals surface area contributed by atoms with Crippen LogP contribution < -0.4 is 5.73 Å². The molecule has 2 saturated carbocycles. The molecule has 0 amide bonds. The molecule has 3 rings (SSSR count). The predicted molar refractivity (Wildman–Crippen MR) is 90.2 cm³/mol. The van der Waals surface area contributed by atoms with Gasteiger partial charge in [0.2, 0.25) is 0 Å². The Morgan fingerprint density at radius 3 is 2.24 bits per heavy atom. The van der Waals surface area contributed by atoms with Crippen molar-refractivity contribution in [2.75, 3.05) is 19.6 Å². The van der Waals surface area contributed by atoms with Crippen molar-refractivity contribution in [3.63, 3.8) is 0 Å². The van der Waals surface area contributed by atoms with Crippen molar-refractivity contribution < 1.29 is 0 Å². The molecule has 1 heterocycles. The summed E-state index contributed by atoms with van der Waals surface area (Å²) in [6.07, 6.45) is 13.0. The molecule has 3 fully saturated rings. The maximum absolute atomic E-state index is 6.49. The summed E-state index contributed by atoms with van der Waals surface area (Å²) in [7, 11) is 0. The lowest BCUT2D eigenvalue weighted by molar-refractivity contribution is 0.0413. The molecular formula is C19H36N2. The van der Waals surface area contributed by atoms with E-state index in [2.05, 4.69) is 18.7 Å². The molecule has 2 nitrogen and oxygen atoms in total. The van der Waals surface area contributed by atoms with Crippen molar-refractivity contribution in [1.82, 2.24) is 4.90 Å². The number of rotatable bonds is 2. The van der Waals surface area contributed by atoms with Crippen LogP contribution >= 0.6 is 0 Å². The number of nitrogens with two attached hydrogens (primary N) is 1. The van der Waals surface area contributed by atoms with E-state index in [0.29, 0.717) is 6.04 Å². The molecule has 122 valence electrons. The largest absolute Gasteiger partial charge is 0.327 e. The van der Waals surface area contributed by atoms with Crippen molar-refractivity contribution in [1.29, 1.82) is 0 Å². The van der Waals surface area contributed by atoms with E-state index in [4.69, 9.17) is 5.73 Å². The maximum Gasteiger partial charge on any atom is 0.00844 e. The van der Waals surface area contributed by atoms with Crippen molar-refractivity contribution in [3.05, 3.63) is 0 Å². The Hall–Kier alpha value is -0.0800. The van der Waals surface area contributed by atoms with Gasteiger partial charge in [0.05, 0.1) is 0 Å². The lowest BCUT2D eigenvalue weighted by Crippen LogP contribution is -2.49. The zero-order valence-electron chi connectivity index (χ0n) is 14.3. The van der Waals surface area contributed by atoms with Gasteiger partial charge < -0.3 is 10.6 Å². The topological polar surface area (TPSA) is 29.3 Å². The zero-order chi connectivity index (χ0) is 14.9. The van der Waals surface area contributed by atoms with Crippen LogP contribution in [-0.2, 0) is 0 Å². The maximum atomic E-state index is 6.49. The molecule has 2 aliphatic carbocycles. The van der Waals surface area contributed by atoms with E-state index in [-0.39, 0.29) is 0 Å². The zero-order valence-corrected chi connectivity index (χ0v) is 14.3. The molecule has 0 bridgehead atoms. The highest BCUT2D eigenvalue weighted by atomic mass is 15.1. The predicted octanol–water partition coefficient (Wildman–Crippen LogP) is 4.04. The summed E-state index contributed by atoms with van der Waals surface area (Å²) < 4.78 is 0. The average Bonchev–Trinajstić information content (AvgIpc) is 2.46. The second-order valence-electron chi connectivity index (χ2n) is 8.74. The molecule has 4 atom stereocenters. The first kappa shape index (κ1) is 15.8. The normalized spacial score (nSPS) is 41.3. The summed E-state index contributed by atoms with van der Waals surface area (Å²) in [6, 6.07) is 0.439. The van der Waals surface area contributed by atoms with E-state index < -0.39 is 0 Å². The summed E-state index contributed by atoms with van der Waals surface area (Å²) in [5, 5.41) is 0. The van der Waals surface area contributed by atoms with E-state index in [9.17, 15) is 0 Å². The Bertz CT molecular complexity index is 312. The van der Waals surface area contributed by atoms with Gasteiger partial charge in [-0.3, -0.25) is 0 Å². The fourth-order valence-electron chi connectivity index (χ4n) is 5.59. The van der Waals surface area contributed by atoms with Crippen LogP contribution in [-0.4, -0.2) is 30.6 Å². The summed E-state index contributed by atoms with van der Waals surface area (Å²) in [5.74, 6) is 2.38. The summed E-state index contributed by atoms with van der Waals surface area (Å²) >= 11 is 0. The molecular weight excluding hydrogens is 256 g/mol. The lowest BCUT2D eigenvalue weighted by Gasteiger charge is -2.47. The monoisotopic (exact) mass is 292 g/mol. The average molecular weight is 293 g/mol. The highest BCUT2D eigenvalue weighted by Gasteiger charge is 2.38. The second kappa shape index (κ2) is 6.58. The van der Waals surface area contributed by atoms with Crippen LogP contribution in [0.4, 0.5) is 0 Å². The summed E-state index contributed by atoms with van der Waals surface area (Å²) in [4.78, 5) is 2.75. The molecule has 2 N–H and O–H groups in total. The van der Waals surface area contributed by atoms with E-state index in [1.807, 2.05) is 0 Å². The van der Waals surface area contributed by atoms with Crippen molar-refractivity contribution in [3.8, 4) is 0 Å². The van der Waals surface area contributed by atoms with Gasteiger partial charge in [0.1, 0.15) is 0 Å². The minimum absolute atomic E-state index is 0.439. The van der Waals surface area contributed by atoms with Gasteiger partial charge in [0, 0.05) is 12.6 Å². The van der Waals surface area contributed by atoms with E-state index in [1.54, 1.807) is 0 Å². The van der Waals surface area contributed by atoms with Gasteiger partial charge >= 0.3 is 0 Å². The third-order valence-corrected chi connectivity index (χ3v) is 7.03. The minimum Gasteiger partial charge on any atom is -0.327 e. The van der Waals surface area contributed by atoms with Gasteiger partial charge in [-0.2, -0.15) is 0 Å². The Balaban J connectivity index is 1.50. The third kappa shape index (κ3) is 3.64. The number of piperidine rings is 1. The van der Waals surface area contributed by atoms with Crippen molar-refractivity contribution in [2.45, 2.75) is 77.7 Å². The van der Waals surface area contributed by atoms with Crippen LogP contribution in [0.1, 0.15) is 71.6 Å². The Kier molecular flexibility index (Phi) is 4.95. The number of hydrogen-bond donors (Lipinski definition) is 1. The summed E-state index contributed by atoms with van der Waals surface area (Å²) in [6.45, 7) is 8.76. The van der Waals surface area contributed by atoms with Crippen LogP contribution in [0.15, 0.2) is 0 Å². The van der Waals surface area contributed by atoms with Crippen LogP contribution in [0.5, 0.6) is 0 Å². The van der Waals surface area contributed by atoms with E-state index in [0.717, 1.165) is 23.2 Å². The summed E-state index contributed by atoms with van der Waals surface area (Å²) in [5.41, 5.74) is 7.23. The molecule has 1 spiro atoms. The molecule has 0 radical (unpaired) electrons. The number of likely N-dealkylation sites (tertiary alicyclic amines) is 1. The molecule has 3 aliphatic rings. The Morgan fingerprint density at radius 1 is 0.952 bits per heavy atom. The van der Waals surface area contributed by atoms with Gasteiger partial charge in [-0.15, -0.1) is 0 Å². The molecule has 1 aliphatic heterocycles. The highest BCUT2D eigenvalue weighted by Crippen LogP contribution is 2.45. The van der Waals surface area contributed by atoms with Crippen LogP contribution in [0.3, 0.4) is 0 Å². The van der Waals surface area contributed by atoms with Gasteiger partial charge in [-0.1, -0.05) is 33.1 Å². The minimum atomic E-state index is 0.439. The van der Waals surface area contributed by atoms with Crippen molar-refractivity contribution in [2.24, 2.45) is 28.9 Å². The molecule has 1 saturated heterocycles. The van der Waals surface area contributed by atoms with Gasteiger partial charge in [0.15, 0.2) is 0 Å². The van der Waals surface area contributed by atoms with Gasteiger partial charge in [0.25, 0.3) is 0 Å². The van der Waals surface area contributed by atoms with E-state index >= 15 is 0 Å². The second-order valence-corrected chi connectivity index (χ2v) is 8.74. The lowest BCUT2D eigenvalue weighted by atomic mass is 9.67. The number of hydrogen-bond acceptors (Lipinski definition) is 2. The Morgan fingerprint density at radius 2 is 1.62 bits per heavy atom. The SMILES string of the molecule is CC1CC(C)C(CN2CCC3(CCCCC3)CC2)C(N)C1. The fraction of sp³-hybridized carbons (Fsp3) is 1.00. The smallest absolute Gasteiger partial charge is 0.00844 e. The first-order valence-corrected chi connectivity index (χ1v) is 9.56. The molecule has 0 aromatic rings. The first-order chi connectivity index (χ1) is 10.1. The highest BCUT2D eigenvalue weighted by molar-refractivity contribution is 4.91. The van der Waals surface area contributed by atoms with Gasteiger partial charge in [-0.05, 0) is 74.8 Å². The van der Waals surface area contributed by atoms with Crippen molar-refractivity contribution >= 4 is 0 Å². The first-order valence-electron chi connectivity index (χ1n) is 9.56. The molecule has 0 aromatic heterocycles. The van der Waals surface area contributed by atoms with Crippen LogP contribution in [0.25, 0.3) is 0 Å². The Labute approximate surface area is 131 Å². The quantitative estimate of drug-likeness (QED) is 0.832.